The lowest BCUT2D eigenvalue weighted by molar-refractivity contribution is 0.197. The molecule has 0 bridgehead atoms. The Labute approximate surface area is 264 Å². The fourth-order valence-corrected chi connectivity index (χ4v) is 7.45. The molecule has 0 radical (unpaired) electrons. The van der Waals surface area contributed by atoms with Crippen LogP contribution in [0.15, 0.2) is 0 Å². The van der Waals surface area contributed by atoms with Crippen LogP contribution in [0.1, 0.15) is 206 Å². The van der Waals surface area contributed by atoms with Gasteiger partial charge in [0.1, 0.15) is 0 Å². The molecule has 0 aliphatic heterocycles. The summed E-state index contributed by atoms with van der Waals surface area (Å²) in [6, 6.07) is 0. The third-order valence-corrected chi connectivity index (χ3v) is 10.6. The normalized spacial score (nSPS) is 11.9. The van der Waals surface area contributed by atoms with Gasteiger partial charge in [0.25, 0.3) is 0 Å². The van der Waals surface area contributed by atoms with Gasteiger partial charge in [-0.05, 0) is 37.5 Å². The lowest BCUT2D eigenvalue weighted by Gasteiger charge is -2.19. The third kappa shape index (κ3) is 33.0. The predicted octanol–water partition coefficient (Wildman–Crippen LogP) is 14.0. The van der Waals surface area contributed by atoms with E-state index in [1.54, 1.807) is 0 Å². The van der Waals surface area contributed by atoms with Crippen molar-refractivity contribution in [1.29, 1.82) is 0 Å². The molecule has 0 saturated carbocycles. The highest BCUT2D eigenvalue weighted by Crippen LogP contribution is 2.49. The SMILES string of the molecule is CCCCCCCCCCCCOP(=O)(CCCCCCCCCCCC=S)OCCCCCCCCCCCC. The van der Waals surface area contributed by atoms with Crippen molar-refractivity contribution in [2.45, 2.75) is 206 Å². The maximum Gasteiger partial charge on any atom is 0.330 e. The Morgan fingerprint density at radius 1 is 0.439 bits per heavy atom. The van der Waals surface area contributed by atoms with Gasteiger partial charge in [-0.25, -0.2) is 0 Å². The fourth-order valence-electron chi connectivity index (χ4n) is 5.52. The second-order valence-electron chi connectivity index (χ2n) is 12.5. The molecule has 0 fully saturated rings. The zero-order chi connectivity index (χ0) is 30.0. The van der Waals surface area contributed by atoms with E-state index < -0.39 is 7.60 Å². The van der Waals surface area contributed by atoms with Crippen LogP contribution in [0.25, 0.3) is 0 Å². The molecule has 0 amide bonds. The summed E-state index contributed by atoms with van der Waals surface area (Å²) in [6.45, 7) is 5.74. The van der Waals surface area contributed by atoms with Crippen molar-refractivity contribution < 1.29 is 13.6 Å². The summed E-state index contributed by atoms with van der Waals surface area (Å²) < 4.78 is 25.6. The summed E-state index contributed by atoms with van der Waals surface area (Å²) in [7, 11) is -2.96. The van der Waals surface area contributed by atoms with Gasteiger partial charge in [0.05, 0.1) is 19.4 Å². The maximum absolute atomic E-state index is 13.5. The highest BCUT2D eigenvalue weighted by molar-refractivity contribution is 7.78. The minimum Gasteiger partial charge on any atom is -0.309 e. The number of unbranched alkanes of at least 4 members (excludes halogenated alkanes) is 27. The Morgan fingerprint density at radius 2 is 0.732 bits per heavy atom. The van der Waals surface area contributed by atoms with Crippen molar-refractivity contribution in [3.05, 3.63) is 0 Å². The highest BCUT2D eigenvalue weighted by atomic mass is 32.1. The van der Waals surface area contributed by atoms with E-state index in [1.165, 1.54) is 161 Å². The summed E-state index contributed by atoms with van der Waals surface area (Å²) in [5.74, 6) is 0. The average Bonchev–Trinajstić information content (AvgIpc) is 2.97. The molecular formula is C36H73O3PS. The lowest BCUT2D eigenvalue weighted by atomic mass is 10.1. The molecule has 0 spiro atoms. The Kier molecular flexibility index (Phi) is 34.9. The Balaban J connectivity index is 4.08. The van der Waals surface area contributed by atoms with E-state index in [-0.39, 0.29) is 0 Å². The van der Waals surface area contributed by atoms with Crippen molar-refractivity contribution in [2.75, 3.05) is 19.4 Å². The Bertz CT molecular complexity index is 527. The van der Waals surface area contributed by atoms with Gasteiger partial charge in [-0.2, -0.15) is 0 Å². The smallest absolute Gasteiger partial charge is 0.309 e. The van der Waals surface area contributed by atoms with Crippen LogP contribution in [0.4, 0.5) is 0 Å². The molecule has 3 nitrogen and oxygen atoms in total. The van der Waals surface area contributed by atoms with Gasteiger partial charge in [0.2, 0.25) is 0 Å². The molecule has 0 aromatic carbocycles. The largest absolute Gasteiger partial charge is 0.330 e. The number of rotatable bonds is 36. The van der Waals surface area contributed by atoms with Crippen LogP contribution in [-0.2, 0) is 13.6 Å². The first-order chi connectivity index (χ1) is 20.2. The summed E-state index contributed by atoms with van der Waals surface area (Å²) >= 11 is 4.90. The van der Waals surface area contributed by atoms with Crippen molar-refractivity contribution in [3.8, 4) is 0 Å². The molecule has 0 rings (SSSR count). The van der Waals surface area contributed by atoms with E-state index in [4.69, 9.17) is 21.3 Å². The second-order valence-corrected chi connectivity index (χ2v) is 15.0. The zero-order valence-corrected chi connectivity index (χ0v) is 29.7. The van der Waals surface area contributed by atoms with E-state index in [1.807, 2.05) is 5.37 Å². The number of hydrogen-bond donors (Lipinski definition) is 0. The maximum atomic E-state index is 13.5. The number of thiocarbonyl (C=S) groups is 1. The van der Waals surface area contributed by atoms with Crippen LogP contribution < -0.4 is 0 Å². The van der Waals surface area contributed by atoms with E-state index in [9.17, 15) is 4.57 Å². The fraction of sp³-hybridized carbons (Fsp3) is 0.972. The number of hydrogen-bond acceptors (Lipinski definition) is 4. The molecule has 0 heterocycles. The average molecular weight is 617 g/mol. The van der Waals surface area contributed by atoms with Gasteiger partial charge in [-0.15, -0.1) is 0 Å². The van der Waals surface area contributed by atoms with Crippen LogP contribution in [0.2, 0.25) is 0 Å². The van der Waals surface area contributed by atoms with Crippen LogP contribution in [0.3, 0.4) is 0 Å². The van der Waals surface area contributed by atoms with Gasteiger partial charge in [0, 0.05) is 0 Å². The molecule has 0 atom stereocenters. The van der Waals surface area contributed by atoms with Crippen molar-refractivity contribution in [3.63, 3.8) is 0 Å². The molecule has 41 heavy (non-hydrogen) atoms. The summed E-state index contributed by atoms with van der Waals surface area (Å²) in [5.41, 5.74) is 0. The molecular weight excluding hydrogens is 543 g/mol. The first kappa shape index (κ1) is 41.2. The van der Waals surface area contributed by atoms with Gasteiger partial charge >= 0.3 is 7.60 Å². The molecule has 0 aliphatic carbocycles. The molecule has 0 saturated heterocycles. The van der Waals surface area contributed by atoms with E-state index in [2.05, 4.69) is 13.8 Å². The standard InChI is InChI=1S/C36H73O3PS/c1-3-5-7-9-11-13-17-21-25-29-33-38-40(37,35-31-27-23-19-15-16-20-24-28-32-36-41)39-34-30-26-22-18-14-12-10-8-6-4-2/h36H,3-35H2,1-2H3. The summed E-state index contributed by atoms with van der Waals surface area (Å²) in [5, 5.41) is 1.86. The molecule has 0 N–H and O–H groups in total. The van der Waals surface area contributed by atoms with Gasteiger partial charge in [0.15, 0.2) is 0 Å². The highest BCUT2D eigenvalue weighted by Gasteiger charge is 2.23. The zero-order valence-electron chi connectivity index (χ0n) is 28.0. The van der Waals surface area contributed by atoms with Crippen LogP contribution in [0, 0.1) is 0 Å². The Hall–Kier alpha value is 0.240. The van der Waals surface area contributed by atoms with Crippen molar-refractivity contribution in [1.82, 2.24) is 0 Å². The van der Waals surface area contributed by atoms with Crippen LogP contribution in [-0.4, -0.2) is 24.7 Å². The predicted molar refractivity (Wildman–Crippen MR) is 188 cm³/mol. The lowest BCUT2D eigenvalue weighted by Crippen LogP contribution is -2.04. The molecule has 5 heteroatoms. The van der Waals surface area contributed by atoms with Gasteiger partial charge < -0.3 is 9.05 Å². The van der Waals surface area contributed by atoms with Gasteiger partial charge in [-0.3, -0.25) is 4.57 Å². The first-order valence-corrected chi connectivity index (χ1v) is 20.7. The summed E-state index contributed by atoms with van der Waals surface area (Å²) in [4.78, 5) is 0. The third-order valence-electron chi connectivity index (χ3n) is 8.33. The quantitative estimate of drug-likeness (QED) is 0.0398. The molecule has 0 aliphatic rings. The van der Waals surface area contributed by atoms with Crippen LogP contribution >= 0.6 is 19.8 Å². The van der Waals surface area contributed by atoms with Gasteiger partial charge in [-0.1, -0.05) is 187 Å². The monoisotopic (exact) mass is 617 g/mol. The Morgan fingerprint density at radius 3 is 1.07 bits per heavy atom. The molecule has 0 aromatic rings. The van der Waals surface area contributed by atoms with Crippen molar-refractivity contribution in [2.24, 2.45) is 0 Å². The van der Waals surface area contributed by atoms with E-state index >= 15 is 0 Å². The first-order valence-electron chi connectivity index (χ1n) is 18.5. The molecule has 0 unspecified atom stereocenters. The minimum atomic E-state index is -2.96. The topological polar surface area (TPSA) is 35.5 Å². The van der Waals surface area contributed by atoms with Crippen molar-refractivity contribution >= 4 is 25.2 Å². The minimum absolute atomic E-state index is 0.592. The second kappa shape index (κ2) is 34.7. The molecule has 0 aromatic heterocycles. The van der Waals surface area contributed by atoms with E-state index in [0.29, 0.717) is 19.4 Å². The molecule has 246 valence electrons. The van der Waals surface area contributed by atoms with E-state index in [0.717, 1.165) is 32.1 Å². The summed E-state index contributed by atoms with van der Waals surface area (Å²) in [6.07, 6.45) is 38.9. The van der Waals surface area contributed by atoms with Crippen LogP contribution in [0.5, 0.6) is 0 Å².